The van der Waals surface area contributed by atoms with Gasteiger partial charge in [0, 0.05) is 54.8 Å². The predicted octanol–water partition coefficient (Wildman–Crippen LogP) is -0.161. The molecule has 4 rings (SSSR count). The second-order valence-electron chi connectivity index (χ2n) is 11.1. The topological polar surface area (TPSA) is 259 Å². The van der Waals surface area contributed by atoms with Crippen molar-refractivity contribution in [3.63, 3.8) is 0 Å². The minimum atomic E-state index is -1.29. The molecule has 15 nitrogen and oxygen atoms in total. The summed E-state index contributed by atoms with van der Waals surface area (Å²) < 4.78 is 0. The number of aliphatic carboxylic acids is 1. The van der Waals surface area contributed by atoms with Crippen LogP contribution in [-0.2, 0) is 38.4 Å². The third-order valence-corrected chi connectivity index (χ3v) is 7.55. The van der Waals surface area contributed by atoms with E-state index in [2.05, 4.69) is 35.9 Å². The van der Waals surface area contributed by atoms with Crippen LogP contribution in [0.2, 0.25) is 0 Å². The number of nitrogens with one attached hydrogen (secondary N) is 5. The number of fused-ring (bicyclic) bond motifs is 1. The van der Waals surface area contributed by atoms with Crippen LogP contribution in [-0.4, -0.2) is 80.4 Å². The largest absolute Gasteiger partial charge is 0.480 e. The highest BCUT2D eigenvalue weighted by Gasteiger charge is 2.31. The number of aliphatic imine (C=N–C) groups is 1. The molecular formula is C32H40N10O5. The van der Waals surface area contributed by atoms with Gasteiger partial charge in [-0.3, -0.25) is 19.4 Å². The Hall–Kier alpha value is -5.70. The number of H-pyrrole nitrogens is 2. The Morgan fingerprint density at radius 1 is 0.830 bits per heavy atom. The fourth-order valence-electron chi connectivity index (χ4n) is 5.08. The number of imidazole rings is 1. The fraction of sp³-hybridized carbons (Fsp3) is 0.312. The van der Waals surface area contributed by atoms with Gasteiger partial charge in [-0.2, -0.15) is 0 Å². The molecule has 0 bridgehead atoms. The molecule has 0 fully saturated rings. The number of carboxylic acids is 1. The van der Waals surface area contributed by atoms with Gasteiger partial charge in [0.15, 0.2) is 5.96 Å². The van der Waals surface area contributed by atoms with Gasteiger partial charge in [0.25, 0.3) is 0 Å². The Kier molecular flexibility index (Phi) is 12.0. The molecule has 47 heavy (non-hydrogen) atoms. The van der Waals surface area contributed by atoms with Gasteiger partial charge in [-0.05, 0) is 30.0 Å². The minimum Gasteiger partial charge on any atom is -0.480 e. The number of nitrogens with two attached hydrogens (primary N) is 3. The molecule has 0 spiro atoms. The van der Waals surface area contributed by atoms with Crippen molar-refractivity contribution in [1.82, 2.24) is 30.9 Å². The molecule has 2 aromatic carbocycles. The number of para-hydroxylation sites is 1. The van der Waals surface area contributed by atoms with E-state index in [0.29, 0.717) is 24.2 Å². The van der Waals surface area contributed by atoms with Crippen molar-refractivity contribution in [2.45, 2.75) is 56.3 Å². The van der Waals surface area contributed by atoms with Crippen molar-refractivity contribution in [3.05, 3.63) is 90.1 Å². The maximum Gasteiger partial charge on any atom is 0.326 e. The van der Waals surface area contributed by atoms with Gasteiger partial charge in [0.05, 0.1) is 12.4 Å². The fourth-order valence-corrected chi connectivity index (χ4v) is 5.08. The summed E-state index contributed by atoms with van der Waals surface area (Å²) >= 11 is 0. The van der Waals surface area contributed by atoms with Gasteiger partial charge in [-0.15, -0.1) is 0 Å². The lowest BCUT2D eigenvalue weighted by molar-refractivity contribution is -0.142. The van der Waals surface area contributed by atoms with Gasteiger partial charge < -0.3 is 48.2 Å². The summed E-state index contributed by atoms with van der Waals surface area (Å²) in [6.45, 7) is 0.291. The van der Waals surface area contributed by atoms with Crippen LogP contribution in [0.5, 0.6) is 0 Å². The van der Waals surface area contributed by atoms with Crippen LogP contribution < -0.4 is 33.2 Å². The van der Waals surface area contributed by atoms with Crippen LogP contribution in [0.15, 0.2) is 78.3 Å². The van der Waals surface area contributed by atoms with E-state index in [9.17, 15) is 24.3 Å². The smallest absolute Gasteiger partial charge is 0.326 e. The van der Waals surface area contributed by atoms with Crippen LogP contribution in [0, 0.1) is 0 Å². The molecule has 248 valence electrons. The van der Waals surface area contributed by atoms with Crippen molar-refractivity contribution < 1.29 is 24.3 Å². The lowest BCUT2D eigenvalue weighted by Crippen LogP contribution is -2.58. The van der Waals surface area contributed by atoms with Crippen molar-refractivity contribution in [1.29, 1.82) is 0 Å². The molecule has 12 N–H and O–H groups in total. The molecule has 2 aromatic heterocycles. The summed E-state index contributed by atoms with van der Waals surface area (Å²) in [5.74, 6) is -3.24. The lowest BCUT2D eigenvalue weighted by Gasteiger charge is -2.25. The van der Waals surface area contributed by atoms with Gasteiger partial charge in [-0.25, -0.2) is 9.78 Å². The van der Waals surface area contributed by atoms with E-state index in [4.69, 9.17) is 17.2 Å². The van der Waals surface area contributed by atoms with Crippen LogP contribution in [0.4, 0.5) is 0 Å². The Bertz CT molecular complexity index is 1670. The van der Waals surface area contributed by atoms with Crippen LogP contribution in [0.3, 0.4) is 0 Å². The predicted molar refractivity (Wildman–Crippen MR) is 176 cm³/mol. The zero-order chi connectivity index (χ0) is 33.8. The zero-order valence-electron chi connectivity index (χ0n) is 25.7. The molecule has 4 aromatic rings. The number of aromatic amines is 2. The summed E-state index contributed by atoms with van der Waals surface area (Å²) in [7, 11) is 0. The first-order valence-corrected chi connectivity index (χ1v) is 15.1. The quantitative estimate of drug-likeness (QED) is 0.0419. The Morgan fingerprint density at radius 2 is 1.49 bits per heavy atom. The molecule has 3 amide bonds. The second-order valence-corrected chi connectivity index (χ2v) is 11.1. The molecule has 2 heterocycles. The summed E-state index contributed by atoms with van der Waals surface area (Å²) in [5.41, 5.74) is 19.6. The molecule has 0 aliphatic carbocycles. The number of nitrogens with zero attached hydrogens (tertiary/aromatic N) is 2. The molecule has 0 aliphatic heterocycles. The molecule has 15 heteroatoms. The number of aromatic nitrogens is 3. The third-order valence-electron chi connectivity index (χ3n) is 7.55. The normalized spacial score (nSPS) is 13.6. The highest BCUT2D eigenvalue weighted by molar-refractivity contribution is 5.94. The first kappa shape index (κ1) is 34.2. The number of benzene rings is 2. The number of carboxylic acid groups (broad SMARTS) is 1. The van der Waals surface area contributed by atoms with Gasteiger partial charge in [0.1, 0.15) is 18.1 Å². The average Bonchev–Trinajstić information content (AvgIpc) is 3.72. The number of guanidine groups is 1. The summed E-state index contributed by atoms with van der Waals surface area (Å²) in [6, 6.07) is 11.9. The molecule has 4 atom stereocenters. The van der Waals surface area contributed by atoms with Crippen molar-refractivity contribution in [2.24, 2.45) is 22.2 Å². The first-order valence-electron chi connectivity index (χ1n) is 15.1. The molecule has 0 aliphatic rings. The van der Waals surface area contributed by atoms with E-state index < -0.39 is 47.9 Å². The maximum absolute atomic E-state index is 13.8. The number of hydrogen-bond acceptors (Lipinski definition) is 7. The van der Waals surface area contributed by atoms with E-state index in [1.54, 1.807) is 30.5 Å². The molecule has 4 unspecified atom stereocenters. The third kappa shape index (κ3) is 10.2. The van der Waals surface area contributed by atoms with E-state index in [1.807, 2.05) is 30.3 Å². The Balaban J connectivity index is 1.50. The van der Waals surface area contributed by atoms with Crippen LogP contribution in [0.25, 0.3) is 10.9 Å². The lowest BCUT2D eigenvalue weighted by atomic mass is 10.0. The number of carbonyl (C=O) groups is 4. The first-order chi connectivity index (χ1) is 22.6. The minimum absolute atomic E-state index is 0.00354. The van der Waals surface area contributed by atoms with Gasteiger partial charge in [0.2, 0.25) is 17.7 Å². The Labute approximate surface area is 270 Å². The Morgan fingerprint density at radius 3 is 2.17 bits per heavy atom. The monoisotopic (exact) mass is 644 g/mol. The van der Waals surface area contributed by atoms with E-state index in [0.717, 1.165) is 16.5 Å². The van der Waals surface area contributed by atoms with Crippen molar-refractivity contribution in [3.8, 4) is 0 Å². The van der Waals surface area contributed by atoms with E-state index in [1.165, 1.54) is 12.5 Å². The van der Waals surface area contributed by atoms with Crippen molar-refractivity contribution >= 4 is 40.6 Å². The summed E-state index contributed by atoms with van der Waals surface area (Å²) in [5, 5.41) is 18.9. The average molecular weight is 645 g/mol. The number of amides is 3. The SMILES string of the molecule is NC(N)=NCCCC(N)C(=O)NC(Cc1ccccc1)C(=O)NC(Cc1cnc[nH]1)C(=O)NC(Cc1c[nH]c2ccccc12)C(=O)O. The van der Waals surface area contributed by atoms with Gasteiger partial charge in [-0.1, -0.05) is 48.5 Å². The van der Waals surface area contributed by atoms with Gasteiger partial charge >= 0.3 is 5.97 Å². The number of hydrogen-bond donors (Lipinski definition) is 9. The molecule has 0 saturated heterocycles. The highest BCUT2D eigenvalue weighted by atomic mass is 16.4. The van der Waals surface area contributed by atoms with Crippen molar-refractivity contribution in [2.75, 3.05) is 6.54 Å². The van der Waals surface area contributed by atoms with Crippen LogP contribution in [0.1, 0.15) is 29.7 Å². The number of rotatable bonds is 17. The maximum atomic E-state index is 13.8. The van der Waals surface area contributed by atoms with E-state index >= 15 is 0 Å². The van der Waals surface area contributed by atoms with E-state index in [-0.39, 0.29) is 31.6 Å². The van der Waals surface area contributed by atoms with Crippen LogP contribution >= 0.6 is 0 Å². The molecule has 0 radical (unpaired) electrons. The molecule has 0 saturated carbocycles. The standard InChI is InChI=1S/C32H40N10O5/c33-23(10-6-12-37-32(34)35)28(43)40-25(13-19-7-2-1-3-8-19)29(44)41-26(15-21-17-36-18-39-21)30(45)42-27(31(46)47)14-20-16-38-24-11-5-4-9-22(20)24/h1-5,7-9,11,16-18,23,25-27,38H,6,10,12-15,33H2,(H,36,39)(H,40,43)(H,41,44)(H,42,45)(H,46,47)(H4,34,35,37). The highest BCUT2D eigenvalue weighted by Crippen LogP contribution is 2.19. The second kappa shape index (κ2) is 16.6. The number of carbonyl (C=O) groups excluding carboxylic acids is 3. The summed E-state index contributed by atoms with van der Waals surface area (Å²) in [6.07, 6.45) is 5.43. The zero-order valence-corrected chi connectivity index (χ0v) is 25.7. The summed E-state index contributed by atoms with van der Waals surface area (Å²) in [4.78, 5) is 66.6. The molecular weight excluding hydrogens is 604 g/mol.